The zero-order valence-electron chi connectivity index (χ0n) is 9.90. The Hall–Kier alpha value is -0.675. The van der Waals surface area contributed by atoms with Crippen molar-refractivity contribution in [2.45, 2.75) is 25.4 Å². The molecular formula is C11H16BFNO3P. The van der Waals surface area contributed by atoms with Crippen molar-refractivity contribution < 1.29 is 19.1 Å². The summed E-state index contributed by atoms with van der Waals surface area (Å²) in [4.78, 5) is 2.34. The van der Waals surface area contributed by atoms with E-state index in [-0.39, 0.29) is 27.1 Å². The Balaban J connectivity index is 2.26. The number of phenolic OH excluding ortho intramolecular Hbond substituents is 1. The molecule has 0 aliphatic carbocycles. The summed E-state index contributed by atoms with van der Waals surface area (Å²) in [6.45, 7) is 0.206. The summed E-state index contributed by atoms with van der Waals surface area (Å²) in [5.41, 5.74) is 0.550. The van der Waals surface area contributed by atoms with E-state index in [1.165, 1.54) is 18.2 Å². The highest BCUT2D eigenvalue weighted by molar-refractivity contribution is 7.31. The first-order valence-corrected chi connectivity index (χ1v) is 6.52. The summed E-state index contributed by atoms with van der Waals surface area (Å²) in [6.07, 6.45) is 1.09. The fourth-order valence-electron chi connectivity index (χ4n) is 1.55. The van der Waals surface area contributed by atoms with Gasteiger partial charge in [-0.3, -0.25) is 0 Å². The molecule has 18 heavy (non-hydrogen) atoms. The zero-order chi connectivity index (χ0) is 13.4. The predicted molar refractivity (Wildman–Crippen MR) is 70.2 cm³/mol. The normalized spacial score (nSPS) is 13.2. The van der Waals surface area contributed by atoms with Gasteiger partial charge in [0.1, 0.15) is 11.6 Å². The molecule has 0 saturated heterocycles. The first-order chi connectivity index (χ1) is 8.63. The molecule has 0 amide bonds. The van der Waals surface area contributed by atoms with Crippen LogP contribution in [-0.4, -0.2) is 30.9 Å². The van der Waals surface area contributed by atoms with Gasteiger partial charge in [-0.15, -0.1) is 0 Å². The van der Waals surface area contributed by atoms with Gasteiger partial charge in [0, 0.05) is 0 Å². The second kappa shape index (κ2) is 8.43. The molecule has 1 aromatic carbocycles. The van der Waals surface area contributed by atoms with E-state index < -0.39 is 6.10 Å². The van der Waals surface area contributed by atoms with Gasteiger partial charge in [-0.25, -0.2) is 4.39 Å². The summed E-state index contributed by atoms with van der Waals surface area (Å²) in [5, 5.41) is 19.1. The number of phenols is 1. The van der Waals surface area contributed by atoms with Crippen LogP contribution in [0.2, 0.25) is 0 Å². The van der Waals surface area contributed by atoms with Gasteiger partial charge in [0.2, 0.25) is 0 Å². The van der Waals surface area contributed by atoms with Crippen LogP contribution in [0.25, 0.3) is 0 Å². The number of aliphatic hydroxyl groups excluding tert-OH is 1. The van der Waals surface area contributed by atoms with Crippen LogP contribution in [0.15, 0.2) is 18.2 Å². The lowest BCUT2D eigenvalue weighted by Crippen LogP contribution is -2.14. The molecule has 98 valence electrons. The number of hydrogen-bond acceptors (Lipinski definition) is 4. The van der Waals surface area contributed by atoms with E-state index in [0.29, 0.717) is 24.8 Å². The van der Waals surface area contributed by atoms with Gasteiger partial charge in [-0.05, 0) is 43.0 Å². The summed E-state index contributed by atoms with van der Waals surface area (Å²) in [5.74, 6) is -0.294. The molecule has 0 aliphatic rings. The molecule has 1 rings (SSSR count). The lowest BCUT2D eigenvalue weighted by Gasteiger charge is -2.11. The summed E-state index contributed by atoms with van der Waals surface area (Å²) in [7, 11) is 4.97. The monoisotopic (exact) mass is 271 g/mol. The maximum Gasteiger partial charge on any atom is 0.186 e. The van der Waals surface area contributed by atoms with E-state index in [9.17, 15) is 14.6 Å². The second-order valence-corrected chi connectivity index (χ2v) is 4.66. The van der Waals surface area contributed by atoms with Crippen LogP contribution >= 0.6 is 8.96 Å². The molecular weight excluding hydrogens is 255 g/mol. The van der Waals surface area contributed by atoms with E-state index >= 15 is 0 Å². The van der Waals surface area contributed by atoms with Gasteiger partial charge in [0.15, 0.2) is 7.98 Å². The smallest absolute Gasteiger partial charge is 0.186 e. The van der Waals surface area contributed by atoms with Crippen molar-refractivity contribution in [3.8, 4) is 5.75 Å². The third-order valence-corrected chi connectivity index (χ3v) is 2.86. The number of aryl methyl sites for hydroxylation is 1. The first-order valence-electron chi connectivity index (χ1n) is 5.61. The molecule has 2 radical (unpaired) electrons. The molecule has 2 atom stereocenters. The minimum absolute atomic E-state index is 0.0399. The molecule has 4 nitrogen and oxygen atoms in total. The highest BCUT2D eigenvalue weighted by Gasteiger charge is 2.07. The molecule has 0 fully saturated rings. The van der Waals surface area contributed by atoms with Gasteiger partial charge >= 0.3 is 0 Å². The maximum atomic E-state index is 12.9. The van der Waals surface area contributed by atoms with Crippen molar-refractivity contribution in [2.75, 3.05) is 6.61 Å². The zero-order valence-corrected chi connectivity index (χ0v) is 10.9. The lowest BCUT2D eigenvalue weighted by atomic mass is 10.1. The van der Waals surface area contributed by atoms with E-state index in [1.807, 2.05) is 0 Å². The molecule has 1 aromatic rings. The number of halogens is 1. The Labute approximate surface area is 109 Å². The van der Waals surface area contributed by atoms with E-state index in [4.69, 9.17) is 12.5 Å². The minimum atomic E-state index is -0.582. The molecule has 0 aliphatic heterocycles. The van der Waals surface area contributed by atoms with Crippen molar-refractivity contribution in [1.29, 1.82) is 0 Å². The van der Waals surface area contributed by atoms with Crippen molar-refractivity contribution in [1.82, 2.24) is 5.00 Å². The maximum absolute atomic E-state index is 12.9. The Morgan fingerprint density at radius 2 is 2.28 bits per heavy atom. The van der Waals surface area contributed by atoms with Crippen LogP contribution in [0.4, 0.5) is 4.39 Å². The molecule has 0 heterocycles. The average Bonchev–Trinajstić information content (AvgIpc) is 2.34. The number of hydrogen-bond donors (Lipinski definition) is 3. The molecule has 0 aromatic heterocycles. The van der Waals surface area contributed by atoms with Crippen LogP contribution < -0.4 is 5.00 Å². The summed E-state index contributed by atoms with van der Waals surface area (Å²) < 4.78 is 18.0. The standard InChI is InChI=1S/C11H16BFNO3P/c12-14-18-17-7-10(15)3-1-2-8-6-9(13)4-5-11(8)16/h4-6,10,14-16,18H,1-3,7H2. The fraction of sp³-hybridized carbons (Fsp3) is 0.455. The topological polar surface area (TPSA) is 61.7 Å². The number of aliphatic hydroxyl groups is 1. The molecule has 3 N–H and O–H groups in total. The summed E-state index contributed by atoms with van der Waals surface area (Å²) >= 11 is 0. The SMILES string of the molecule is [B]NPOCC(O)CCCc1cc(F)ccc1O. The third kappa shape index (κ3) is 5.78. The second-order valence-electron chi connectivity index (χ2n) is 3.88. The highest BCUT2D eigenvalue weighted by atomic mass is 31.1. The Bertz CT molecular complexity index is 370. The molecule has 7 heteroatoms. The molecule has 0 spiro atoms. The number of benzene rings is 1. The van der Waals surface area contributed by atoms with Gasteiger partial charge in [0.25, 0.3) is 0 Å². The third-order valence-electron chi connectivity index (χ3n) is 2.43. The van der Waals surface area contributed by atoms with Gasteiger partial charge in [0.05, 0.1) is 21.7 Å². The fourth-order valence-corrected chi connectivity index (χ4v) is 1.90. The van der Waals surface area contributed by atoms with Crippen LogP contribution in [0.1, 0.15) is 18.4 Å². The highest BCUT2D eigenvalue weighted by Crippen LogP contribution is 2.20. The van der Waals surface area contributed by atoms with E-state index in [0.717, 1.165) is 0 Å². The van der Waals surface area contributed by atoms with Crippen LogP contribution in [0, 0.1) is 5.82 Å². The van der Waals surface area contributed by atoms with Crippen LogP contribution in [0.5, 0.6) is 5.75 Å². The minimum Gasteiger partial charge on any atom is -0.508 e. The van der Waals surface area contributed by atoms with Gasteiger partial charge < -0.3 is 19.7 Å². The lowest BCUT2D eigenvalue weighted by molar-refractivity contribution is 0.106. The van der Waals surface area contributed by atoms with Crippen molar-refractivity contribution in [2.24, 2.45) is 0 Å². The van der Waals surface area contributed by atoms with Gasteiger partial charge in [-0.1, -0.05) is 0 Å². The molecule has 0 bridgehead atoms. The first kappa shape index (κ1) is 15.4. The quantitative estimate of drug-likeness (QED) is 0.380. The summed E-state index contributed by atoms with van der Waals surface area (Å²) in [6, 6.07) is 3.85. The Morgan fingerprint density at radius 1 is 1.50 bits per heavy atom. The number of nitrogens with one attached hydrogen (secondary N) is 1. The average molecular weight is 271 g/mol. The van der Waals surface area contributed by atoms with E-state index in [2.05, 4.69) is 5.00 Å². The Kier molecular flexibility index (Phi) is 7.20. The van der Waals surface area contributed by atoms with Crippen molar-refractivity contribution in [3.05, 3.63) is 29.6 Å². The molecule has 2 unspecified atom stereocenters. The van der Waals surface area contributed by atoms with Crippen molar-refractivity contribution in [3.63, 3.8) is 0 Å². The van der Waals surface area contributed by atoms with Crippen LogP contribution in [0.3, 0.4) is 0 Å². The largest absolute Gasteiger partial charge is 0.508 e. The predicted octanol–water partition coefficient (Wildman–Crippen LogP) is 1.41. The van der Waals surface area contributed by atoms with E-state index in [1.54, 1.807) is 0 Å². The number of rotatable bonds is 8. The number of aromatic hydroxyl groups is 1. The molecule has 0 saturated carbocycles. The van der Waals surface area contributed by atoms with Gasteiger partial charge in [-0.2, -0.15) is 0 Å². The Morgan fingerprint density at radius 3 is 3.00 bits per heavy atom. The van der Waals surface area contributed by atoms with Crippen LogP contribution in [-0.2, 0) is 10.9 Å². The van der Waals surface area contributed by atoms with Crippen molar-refractivity contribution >= 4 is 16.9 Å².